The van der Waals surface area contributed by atoms with E-state index in [0.717, 1.165) is 53.4 Å². The number of benzene rings is 6. The summed E-state index contributed by atoms with van der Waals surface area (Å²) in [4.78, 5) is 134. The van der Waals surface area contributed by atoms with Gasteiger partial charge in [0.2, 0.25) is 11.8 Å². The molecule has 0 fully saturated rings. The van der Waals surface area contributed by atoms with Crippen molar-refractivity contribution in [2.45, 2.75) is 116 Å². The van der Waals surface area contributed by atoms with Gasteiger partial charge >= 0.3 is 490 Å². The Morgan fingerprint density at radius 1 is 0.350 bits per heavy atom. The van der Waals surface area contributed by atoms with Crippen molar-refractivity contribution < 1.29 is 66.9 Å². The first-order valence-electron chi connectivity index (χ1n) is 33.6. The summed E-state index contributed by atoms with van der Waals surface area (Å²) in [6.45, 7) is 5.49. The van der Waals surface area contributed by atoms with E-state index in [1.807, 2.05) is 109 Å². The summed E-state index contributed by atoms with van der Waals surface area (Å²) >= 11 is 8.91. The Kier molecular flexibility index (Phi) is 33.8. The van der Waals surface area contributed by atoms with Gasteiger partial charge in [0.05, 0.1) is 13.2 Å². The maximum absolute atomic E-state index is 13.8. The van der Waals surface area contributed by atoms with Gasteiger partial charge < -0.3 is 20.1 Å². The normalized spacial score (nSPS) is 13.3. The minimum atomic E-state index is -3.28. The summed E-state index contributed by atoms with van der Waals surface area (Å²) < 4.78 is 20.6. The number of carbonyl (C=O) groups is 10. The molecule has 6 amide bonds. The molecule has 6 rings (SSSR count). The molecule has 538 valence electrons. The number of nitrogens with one attached hydrogen (secondary N) is 6. The van der Waals surface area contributed by atoms with Crippen LogP contribution in [0.25, 0.3) is 0 Å². The summed E-state index contributed by atoms with van der Waals surface area (Å²) in [5.74, 6) is -7.01. The predicted octanol–water partition coefficient (Wildman–Crippen LogP) is 8.37. The molecule has 0 spiro atoms. The number of unbranched alkanes of at least 4 members (excludes halogenated alkanes) is 2. The molecule has 0 aliphatic rings. The fourth-order valence-corrected chi connectivity index (χ4v) is 29.5. The Morgan fingerprint density at radius 2 is 0.600 bits per heavy atom. The molecule has 0 heterocycles. The first-order valence-corrected chi connectivity index (χ1v) is 45.0. The average Bonchev–Trinajstić information content (AvgIpc) is 0.717. The Hall–Kier alpha value is -7.46. The van der Waals surface area contributed by atoms with Crippen molar-refractivity contribution in [3.05, 3.63) is 182 Å². The summed E-state index contributed by atoms with van der Waals surface area (Å²) in [6, 6.07) is 56.7. The number of hydrogen-bond donors (Lipinski definition) is 6. The molecule has 6 aromatic rings. The molecule has 0 unspecified atom stereocenters. The molecule has 4 atom stereocenters. The summed E-state index contributed by atoms with van der Waals surface area (Å²) in [6.07, 6.45) is 2.59. The van der Waals surface area contributed by atoms with E-state index >= 15 is 0 Å². The zero-order valence-electron chi connectivity index (χ0n) is 57.0. The van der Waals surface area contributed by atoms with Gasteiger partial charge in [-0.3, -0.25) is 19.2 Å². The Labute approximate surface area is 610 Å². The van der Waals surface area contributed by atoms with E-state index in [2.05, 4.69) is 136 Å². The van der Waals surface area contributed by atoms with Crippen molar-refractivity contribution >= 4 is 154 Å². The van der Waals surface area contributed by atoms with Gasteiger partial charge in [-0.1, -0.05) is 21.6 Å². The molecule has 0 aliphatic carbocycles. The molecular weight excluding hydrogens is 1480 g/mol. The standard InChI is InChI=1S/C74H92Br2N6O14P2S2/c1-5-93-69(87)51-77-71(89)63(81-67(85)47-45-61(73(91)95-7-3)79-65(83)43-27-29-49-97(75,55-31-15-9-16-32-55,56-33-17-10-18-34-56)57-35-19-11-20-36-57)53-99-100-54-64(72(90)78-52-70(88)94-6-2)82-68(86)48-46-62(74(92)96-8-4)80-66(84)44-28-30-50-98(76,58-37-21-12-22-38-58,59-39-23-13-24-40-59)60-41-25-14-26-42-60/h9-26,31-42,61-64H,5-8,27-30,43-54H2,1-4H3,(H,77,89)(H,78,90)(H,79,83)(H,80,84)(H,81,85)(H,82,86)/t61-,62-,63-,64-/m0/s1. The van der Waals surface area contributed by atoms with E-state index in [1.54, 1.807) is 27.7 Å². The van der Waals surface area contributed by atoms with Crippen LogP contribution in [-0.2, 0) is 66.9 Å². The molecule has 6 N–H and O–H groups in total. The number of hydrogen-bond acceptors (Lipinski definition) is 16. The third kappa shape index (κ3) is 23.0. The number of halogens is 2. The second-order valence-corrected chi connectivity index (χ2v) is 44.1. The molecule has 6 aromatic carbocycles. The van der Waals surface area contributed by atoms with Gasteiger partial charge in [0.25, 0.3) is 0 Å². The van der Waals surface area contributed by atoms with Gasteiger partial charge in [-0.15, -0.1) is 0 Å². The maximum atomic E-state index is 13.8. The summed E-state index contributed by atoms with van der Waals surface area (Å²) in [7, 11) is 2.07. The third-order valence-electron chi connectivity index (χ3n) is 16.6. The van der Waals surface area contributed by atoms with E-state index in [1.165, 1.54) is 0 Å². The van der Waals surface area contributed by atoms with Crippen LogP contribution in [0.3, 0.4) is 0 Å². The Bertz CT molecular complexity index is 3200. The molecular formula is C74H92Br2N6O14P2S2. The molecule has 0 saturated heterocycles. The number of amides is 6. The molecule has 20 nitrogen and oxygen atoms in total. The average molecular weight is 1580 g/mol. The Morgan fingerprint density at radius 3 is 0.860 bits per heavy atom. The van der Waals surface area contributed by atoms with Crippen molar-refractivity contribution in [1.82, 2.24) is 31.9 Å². The Balaban J connectivity index is 1.07. The molecule has 0 saturated carbocycles. The summed E-state index contributed by atoms with van der Waals surface area (Å²) in [5, 5.41) is 16.1. The van der Waals surface area contributed by atoms with Crippen LogP contribution in [0, 0.1) is 0 Å². The van der Waals surface area contributed by atoms with Gasteiger partial charge in [-0.25, -0.2) is 0 Å². The van der Waals surface area contributed by atoms with Crippen molar-refractivity contribution in [2.75, 3.05) is 63.3 Å². The van der Waals surface area contributed by atoms with Gasteiger partial charge in [-0.2, -0.15) is 0 Å². The van der Waals surface area contributed by atoms with Crippen LogP contribution in [0.1, 0.15) is 91.9 Å². The van der Waals surface area contributed by atoms with Gasteiger partial charge in [-0.05, 0) is 13.8 Å². The molecule has 0 aromatic heterocycles. The van der Waals surface area contributed by atoms with Crippen molar-refractivity contribution in [2.24, 2.45) is 0 Å². The fourth-order valence-electron chi connectivity index (χ4n) is 11.7. The van der Waals surface area contributed by atoms with Crippen molar-refractivity contribution in [3.63, 3.8) is 0 Å². The van der Waals surface area contributed by atoms with Gasteiger partial charge in [0.15, 0.2) is 0 Å². The van der Waals surface area contributed by atoms with Gasteiger partial charge in [0.1, 0.15) is 13.1 Å². The minimum absolute atomic E-state index is 0.00273. The zero-order chi connectivity index (χ0) is 72.3. The quantitative estimate of drug-likeness (QED) is 0.00689. The molecule has 26 heteroatoms. The number of esters is 4. The number of rotatable bonds is 43. The van der Waals surface area contributed by atoms with E-state index < -0.39 is 107 Å². The number of carbonyl (C=O) groups excluding carboxylic acids is 10. The fraction of sp³-hybridized carbons (Fsp3) is 0.378. The van der Waals surface area contributed by atoms with Gasteiger partial charge in [0, 0.05) is 11.5 Å². The van der Waals surface area contributed by atoms with Crippen LogP contribution in [0.4, 0.5) is 0 Å². The monoisotopic (exact) mass is 1570 g/mol. The van der Waals surface area contributed by atoms with Crippen LogP contribution in [0.15, 0.2) is 182 Å². The van der Waals surface area contributed by atoms with Crippen molar-refractivity contribution in [1.29, 1.82) is 0 Å². The van der Waals surface area contributed by atoms with E-state index in [0.29, 0.717) is 38.0 Å². The van der Waals surface area contributed by atoms with Crippen LogP contribution in [0.5, 0.6) is 0 Å². The first-order chi connectivity index (χ1) is 48.2. The topological polar surface area (TPSA) is 280 Å². The van der Waals surface area contributed by atoms with Crippen LogP contribution in [-0.4, -0.2) is 147 Å². The van der Waals surface area contributed by atoms with E-state index in [9.17, 15) is 47.9 Å². The first kappa shape index (κ1) is 81.5. The molecule has 100 heavy (non-hydrogen) atoms. The third-order valence-corrected chi connectivity index (χ3v) is 39.1. The molecule has 0 aliphatic heterocycles. The number of ether oxygens (including phenoxy) is 4. The van der Waals surface area contributed by atoms with Crippen LogP contribution in [0.2, 0.25) is 0 Å². The molecule has 0 radical (unpaired) electrons. The predicted molar refractivity (Wildman–Crippen MR) is 409 cm³/mol. The van der Waals surface area contributed by atoms with Crippen LogP contribution >= 0.6 is 63.2 Å². The van der Waals surface area contributed by atoms with Crippen LogP contribution < -0.4 is 63.7 Å². The van der Waals surface area contributed by atoms with E-state index in [4.69, 9.17) is 18.9 Å². The second-order valence-electron chi connectivity index (χ2n) is 23.4. The van der Waals surface area contributed by atoms with E-state index in [-0.39, 0.29) is 76.5 Å². The second kappa shape index (κ2) is 41.5. The zero-order valence-corrected chi connectivity index (χ0v) is 63.5. The SMILES string of the molecule is CCOC(=O)CNC(=O)[C@H](CSSC[C@H](NC(=O)CC[C@H](NC(=O)CCCCP(Br)(c1ccccc1)(c1ccccc1)c1ccccc1)C(=O)OCC)C(=O)NCC(=O)OCC)NC(=O)CC[C@H](NC(=O)CCCCP(Br)(c1ccccc1)(c1ccccc1)c1ccccc1)C(=O)OCC. The van der Waals surface area contributed by atoms with Crippen molar-refractivity contribution in [3.8, 4) is 0 Å². The summed E-state index contributed by atoms with van der Waals surface area (Å²) in [5.41, 5.74) is 0. The molecule has 0 bridgehead atoms.